The second kappa shape index (κ2) is 42.5. The largest absolute Gasteiger partial charge is 0.383 e. The van der Waals surface area contributed by atoms with Crippen molar-refractivity contribution in [1.82, 2.24) is 55.3 Å². The molecular formula is C89H100ClN17O10. The highest BCUT2D eigenvalue weighted by atomic mass is 35.5. The van der Waals surface area contributed by atoms with Gasteiger partial charge in [-0.05, 0) is 149 Å². The molecule has 117 heavy (non-hydrogen) atoms. The van der Waals surface area contributed by atoms with Gasteiger partial charge >= 0.3 is 0 Å². The summed E-state index contributed by atoms with van der Waals surface area (Å²) < 4.78 is 15.7. The molecule has 0 radical (unpaired) electrons. The number of nitrogens with one attached hydrogen (secondary N) is 1. The van der Waals surface area contributed by atoms with Crippen LogP contribution in [0.5, 0.6) is 0 Å². The molecule has 0 bridgehead atoms. The molecule has 0 fully saturated rings. The van der Waals surface area contributed by atoms with E-state index in [1.165, 1.54) is 47.0 Å². The van der Waals surface area contributed by atoms with E-state index in [1.54, 1.807) is 209 Å². The quantitative estimate of drug-likeness (QED) is 0.0459. The van der Waals surface area contributed by atoms with Crippen molar-refractivity contribution in [3.8, 4) is 0 Å². The van der Waals surface area contributed by atoms with Crippen molar-refractivity contribution < 1.29 is 47.8 Å². The van der Waals surface area contributed by atoms with Gasteiger partial charge in [0.25, 0.3) is 41.4 Å². The van der Waals surface area contributed by atoms with E-state index < -0.39 is 5.91 Å². The first kappa shape index (κ1) is 89.7. The molecule has 11 rings (SSSR count). The number of anilines is 6. The number of rotatable bonds is 23. The van der Waals surface area contributed by atoms with E-state index in [4.69, 9.17) is 35.8 Å². The lowest BCUT2D eigenvalue weighted by molar-refractivity contribution is 0.0886. The van der Waals surface area contributed by atoms with Gasteiger partial charge < -0.3 is 14.2 Å². The predicted octanol–water partition coefficient (Wildman–Crippen LogP) is 14.8. The molecular weight excluding hydrogens is 1500 g/mol. The molecule has 0 saturated heterocycles. The Kier molecular flexibility index (Phi) is 32.6. The van der Waals surface area contributed by atoms with Crippen LogP contribution in [0.15, 0.2) is 232 Å². The van der Waals surface area contributed by atoms with E-state index in [-0.39, 0.29) is 70.7 Å². The maximum absolute atomic E-state index is 13.6. The van der Waals surface area contributed by atoms with Gasteiger partial charge in [-0.2, -0.15) is 5.01 Å². The van der Waals surface area contributed by atoms with E-state index >= 15 is 0 Å². The number of amides is 7. The Hall–Kier alpha value is -12.8. The van der Waals surface area contributed by atoms with Gasteiger partial charge in [-0.3, -0.25) is 93.4 Å². The molecule has 27 nitrogen and oxygen atoms in total. The zero-order chi connectivity index (χ0) is 85.0. The number of aromatic nitrogens is 10. The van der Waals surface area contributed by atoms with Crippen LogP contribution >= 0.6 is 11.6 Å². The lowest BCUT2D eigenvalue weighted by atomic mass is 9.87. The molecule has 28 heteroatoms. The maximum atomic E-state index is 13.6. The molecule has 10 heterocycles. The van der Waals surface area contributed by atoms with Gasteiger partial charge in [-0.1, -0.05) is 124 Å². The number of benzene rings is 1. The van der Waals surface area contributed by atoms with Crippen molar-refractivity contribution in [2.24, 2.45) is 0 Å². The molecule has 7 amide bonds. The van der Waals surface area contributed by atoms with Crippen molar-refractivity contribution in [3.63, 3.8) is 0 Å². The number of carbonyl (C=O) groups excluding carboxylic acids is 7. The van der Waals surface area contributed by atoms with Gasteiger partial charge in [0.05, 0.1) is 72.8 Å². The summed E-state index contributed by atoms with van der Waals surface area (Å²) in [4.78, 5) is 141. The van der Waals surface area contributed by atoms with Crippen LogP contribution in [0.2, 0.25) is 5.15 Å². The normalized spacial score (nSPS) is 11.1. The van der Waals surface area contributed by atoms with Crippen molar-refractivity contribution in [2.45, 2.75) is 98.3 Å². The van der Waals surface area contributed by atoms with Gasteiger partial charge in [0, 0.05) is 133 Å². The Bertz CT molecular complexity index is 5070. The number of nitrogens with zero attached hydrogens (tertiary/aromatic N) is 16. The fourth-order valence-corrected chi connectivity index (χ4v) is 11.6. The van der Waals surface area contributed by atoms with Crippen molar-refractivity contribution in [3.05, 3.63) is 299 Å². The van der Waals surface area contributed by atoms with E-state index in [0.717, 1.165) is 27.3 Å². The molecule has 10 aromatic heterocycles. The Morgan fingerprint density at radius 1 is 0.385 bits per heavy atom. The summed E-state index contributed by atoms with van der Waals surface area (Å²) in [6.45, 7) is 24.7. The molecule has 0 atom stereocenters. The Morgan fingerprint density at radius 3 is 1.18 bits per heavy atom. The van der Waals surface area contributed by atoms with Crippen molar-refractivity contribution in [1.29, 1.82) is 0 Å². The van der Waals surface area contributed by atoms with Gasteiger partial charge in [0.15, 0.2) is 5.82 Å². The summed E-state index contributed by atoms with van der Waals surface area (Å²) in [5.41, 5.74) is 8.89. The number of hydrazine groups is 1. The minimum Gasteiger partial charge on any atom is -0.383 e. The molecule has 11 aromatic rings. The first-order valence-corrected chi connectivity index (χ1v) is 38.0. The summed E-state index contributed by atoms with van der Waals surface area (Å²) in [6, 6.07) is 43.9. The van der Waals surface area contributed by atoms with Crippen LogP contribution in [0.4, 0.5) is 34.9 Å². The number of hydrogen-bond acceptors (Lipinski definition) is 20. The smallest absolute Gasteiger partial charge is 0.278 e. The summed E-state index contributed by atoms with van der Waals surface area (Å²) in [5, 5.41) is 1.53. The van der Waals surface area contributed by atoms with Crippen LogP contribution < -0.4 is 34.9 Å². The topological polar surface area (TPSA) is 308 Å². The summed E-state index contributed by atoms with van der Waals surface area (Å²) in [6.07, 6.45) is 20.5. The predicted molar refractivity (Wildman–Crippen MR) is 454 cm³/mol. The van der Waals surface area contributed by atoms with Gasteiger partial charge in [0.2, 0.25) is 0 Å². The van der Waals surface area contributed by atoms with Crippen LogP contribution in [-0.4, -0.2) is 166 Å². The fourth-order valence-electron chi connectivity index (χ4n) is 11.4. The minimum absolute atomic E-state index is 0.0707. The molecule has 1 aromatic carbocycles. The summed E-state index contributed by atoms with van der Waals surface area (Å²) in [7, 11) is 8.09. The van der Waals surface area contributed by atoms with Crippen LogP contribution in [0, 0.1) is 0 Å². The Balaban J connectivity index is 0.000000197. The highest BCUT2D eigenvalue weighted by Crippen LogP contribution is 2.36. The third-order valence-electron chi connectivity index (χ3n) is 17.9. The highest BCUT2D eigenvalue weighted by Gasteiger charge is 2.32. The van der Waals surface area contributed by atoms with Crippen LogP contribution in [0.25, 0.3) is 0 Å². The third-order valence-corrected chi connectivity index (χ3v) is 18.1. The standard InChI is InChI=1S/C27H33N5O4.C23H25N5O2.C22H22N4O2.C17H20ClN3O2/c1-27(2,3)22-10-11-23(31(14-16-35-4)25(33)20-8-6-12-28-18-20)30-24(22)32(15-17-36-5)26(34)21-9-7-13-29-19-21;1-23(2,3)18-10-11-19(27(4)21(29)16-8-6-12-24-14-16)26-20(18)28(5)22(30)17-9-7-13-25-15-17;1-22(2,3)18-11-12-19(24-15-18)26(21(28)16-8-5-4-6-9-16)25-20(27)17-10-7-13-23-14-17;1-12(2)14-9-15(18)20-16(10-14)21(7-8-23-3)17(22)13-5-4-6-19-11-13/h6-13,18-19H,14-17H2,1-5H3;6-15H,1-5H3;4-15H,1-3H3,(H,25,27);4-6,9-12H,7-8H2,1-3H3. The first-order valence-electron chi connectivity index (χ1n) is 37.6. The van der Waals surface area contributed by atoms with Gasteiger partial charge in [-0.15, -0.1) is 0 Å². The number of carbonyl (C=O) groups is 7. The first-order chi connectivity index (χ1) is 55.9. The fraction of sp³-hybridized carbons (Fsp3) is 0.292. The molecule has 0 aliphatic rings. The van der Waals surface area contributed by atoms with Crippen LogP contribution in [0.1, 0.15) is 177 Å². The van der Waals surface area contributed by atoms with Crippen LogP contribution in [-0.2, 0) is 30.5 Å². The van der Waals surface area contributed by atoms with Crippen molar-refractivity contribution >= 4 is 87.9 Å². The number of halogens is 1. The van der Waals surface area contributed by atoms with E-state index in [9.17, 15) is 33.6 Å². The SMILES string of the molecule is CC(C)(C)c1ccc(N(NC(=O)c2cccnc2)C(=O)c2ccccc2)nc1.CN(C(=O)c1cccnc1)c1ccc(C(C)(C)C)c(N(C)C(=O)c2cccnc2)n1.COCCN(C(=O)c1cccnc1)c1cc(C(C)C)cc(Cl)n1.COCCN(C(=O)c1cccnc1)c1ccc(C(C)(C)C)c(N(CCOC)C(=O)c2cccnc2)n1. The average Bonchev–Trinajstić information content (AvgIpc) is 0.780. The molecule has 0 unspecified atom stereocenters. The monoisotopic (exact) mass is 1600 g/mol. The lowest BCUT2D eigenvalue weighted by Gasteiger charge is -2.31. The van der Waals surface area contributed by atoms with E-state index in [2.05, 4.69) is 121 Å². The number of pyridine rings is 10. The number of hydrogen-bond donors (Lipinski definition) is 1. The second-order valence-electron chi connectivity index (χ2n) is 29.9. The Morgan fingerprint density at radius 2 is 0.769 bits per heavy atom. The zero-order valence-corrected chi connectivity index (χ0v) is 69.6. The van der Waals surface area contributed by atoms with Crippen LogP contribution in [0.3, 0.4) is 0 Å². The molecule has 0 aliphatic heterocycles. The summed E-state index contributed by atoms with van der Waals surface area (Å²) >= 11 is 6.13. The lowest BCUT2D eigenvalue weighted by Crippen LogP contribution is -2.47. The molecule has 608 valence electrons. The maximum Gasteiger partial charge on any atom is 0.278 e. The zero-order valence-electron chi connectivity index (χ0n) is 68.9. The average molecular weight is 1600 g/mol. The molecule has 0 saturated carbocycles. The summed E-state index contributed by atoms with van der Waals surface area (Å²) in [5.74, 6) is 0.980. The number of ether oxygens (including phenoxy) is 3. The second-order valence-corrected chi connectivity index (χ2v) is 30.3. The molecule has 1 N–H and O–H groups in total. The van der Waals surface area contributed by atoms with Gasteiger partial charge in [-0.25, -0.2) is 19.9 Å². The van der Waals surface area contributed by atoms with Gasteiger partial charge in [0.1, 0.15) is 34.2 Å². The van der Waals surface area contributed by atoms with E-state index in [1.807, 2.05) is 36.4 Å². The minimum atomic E-state index is -0.445. The molecule has 0 spiro atoms. The van der Waals surface area contributed by atoms with E-state index in [0.29, 0.717) is 105 Å². The highest BCUT2D eigenvalue weighted by molar-refractivity contribution is 6.29. The number of methoxy groups -OCH3 is 3. The van der Waals surface area contributed by atoms with Crippen molar-refractivity contribution in [2.75, 3.05) is 104 Å². The third kappa shape index (κ3) is 25.1. The molecule has 0 aliphatic carbocycles. The Labute approximate surface area is 688 Å².